The number of carbonyl (C=O) groups is 2. The maximum absolute atomic E-state index is 12.0. The van der Waals surface area contributed by atoms with Crippen molar-refractivity contribution in [3.8, 4) is 0 Å². The summed E-state index contributed by atoms with van der Waals surface area (Å²) >= 11 is 0. The number of unbranched alkanes of at least 4 members (excludes halogenated alkanes) is 3. The molecule has 0 heterocycles. The predicted octanol–water partition coefficient (Wildman–Crippen LogP) is 3.35. The van der Waals surface area contributed by atoms with Gasteiger partial charge in [0.05, 0.1) is 0 Å². The highest BCUT2D eigenvalue weighted by atomic mass is 16.4. The van der Waals surface area contributed by atoms with E-state index in [1.165, 1.54) is 0 Å². The van der Waals surface area contributed by atoms with Gasteiger partial charge in [0, 0.05) is 19.0 Å². The number of carbonyl (C=O) groups excluding carboxylic acids is 1. The molecule has 0 aromatic heterocycles. The largest absolute Gasteiger partial charge is 0.477 e. The topological polar surface area (TPSA) is 69.6 Å². The van der Waals surface area contributed by atoms with Gasteiger partial charge in [0.1, 0.15) is 5.70 Å². The van der Waals surface area contributed by atoms with Crippen molar-refractivity contribution < 1.29 is 14.7 Å². The summed E-state index contributed by atoms with van der Waals surface area (Å²) in [5.74, 6) is -1.32. The molecule has 1 saturated carbocycles. The van der Waals surface area contributed by atoms with Crippen LogP contribution in [0.2, 0.25) is 0 Å². The Balaban J connectivity index is 2.31. The van der Waals surface area contributed by atoms with E-state index in [1.807, 2.05) is 26.0 Å². The van der Waals surface area contributed by atoms with Crippen LogP contribution in [0.3, 0.4) is 0 Å². The highest BCUT2D eigenvalue weighted by Crippen LogP contribution is 2.51. The first-order valence-electron chi connectivity index (χ1n) is 9.00. The summed E-state index contributed by atoms with van der Waals surface area (Å²) in [4.78, 5) is 25.6. The third kappa shape index (κ3) is 7.69. The molecule has 5 heteroatoms. The van der Waals surface area contributed by atoms with E-state index in [1.54, 1.807) is 6.08 Å². The van der Waals surface area contributed by atoms with Crippen molar-refractivity contribution in [1.29, 1.82) is 0 Å². The van der Waals surface area contributed by atoms with Crippen LogP contribution in [-0.2, 0) is 9.59 Å². The summed E-state index contributed by atoms with van der Waals surface area (Å²) in [6, 6.07) is 0. The van der Waals surface area contributed by atoms with Gasteiger partial charge in [-0.1, -0.05) is 38.5 Å². The maximum Gasteiger partial charge on any atom is 0.352 e. The van der Waals surface area contributed by atoms with Gasteiger partial charge in [-0.25, -0.2) is 4.79 Å². The van der Waals surface area contributed by atoms with Crippen LogP contribution in [0.25, 0.3) is 0 Å². The van der Waals surface area contributed by atoms with Crippen molar-refractivity contribution >= 4 is 11.9 Å². The Kier molecular flexibility index (Phi) is 8.62. The quantitative estimate of drug-likeness (QED) is 0.304. The lowest BCUT2D eigenvalue weighted by atomic mass is 10.1. The first-order valence-corrected chi connectivity index (χ1v) is 9.00. The molecule has 0 bridgehead atoms. The number of carboxylic acids is 1. The first kappa shape index (κ1) is 21.2. The molecular weight excluding hydrogens is 316 g/mol. The number of nitrogens with one attached hydrogen (secondary N) is 1. The van der Waals surface area contributed by atoms with Gasteiger partial charge in [-0.2, -0.15) is 0 Å². The molecule has 2 N–H and O–H groups in total. The van der Waals surface area contributed by atoms with E-state index in [2.05, 4.69) is 23.4 Å². The van der Waals surface area contributed by atoms with Crippen LogP contribution in [0.1, 0.15) is 46.0 Å². The van der Waals surface area contributed by atoms with Gasteiger partial charge in [0.2, 0.25) is 5.91 Å². The van der Waals surface area contributed by atoms with E-state index in [0.29, 0.717) is 6.42 Å². The average molecular weight is 348 g/mol. The van der Waals surface area contributed by atoms with Crippen LogP contribution in [-0.4, -0.2) is 41.5 Å². The number of amides is 1. The molecule has 140 valence electrons. The van der Waals surface area contributed by atoms with E-state index >= 15 is 0 Å². The minimum Gasteiger partial charge on any atom is -0.477 e. The molecule has 0 radical (unpaired) electrons. The molecule has 0 saturated heterocycles. The van der Waals surface area contributed by atoms with Crippen molar-refractivity contribution in [3.63, 3.8) is 0 Å². The van der Waals surface area contributed by atoms with Gasteiger partial charge in [0.15, 0.2) is 0 Å². The standard InChI is InChI=1S/C20H32N2O3/c1-5-12-22(13-6-2)14-10-8-7-9-11-17(19(24)25)21-18(23)16-15-20(16,3)4/h5-6,11,16H,1-2,7-10,12-15H2,3-4H3,(H,21,23)(H,24,25)/b17-11+. The third-order valence-electron chi connectivity index (χ3n) is 4.62. The summed E-state index contributed by atoms with van der Waals surface area (Å²) < 4.78 is 0. The Hall–Kier alpha value is -1.88. The summed E-state index contributed by atoms with van der Waals surface area (Å²) in [6.07, 6.45) is 9.82. The highest BCUT2D eigenvalue weighted by molar-refractivity contribution is 5.94. The molecule has 0 spiro atoms. The zero-order chi connectivity index (χ0) is 18.9. The zero-order valence-corrected chi connectivity index (χ0v) is 15.6. The fraction of sp³-hybridized carbons (Fsp3) is 0.600. The molecule has 1 atom stereocenters. The molecule has 1 amide bonds. The number of hydrogen-bond acceptors (Lipinski definition) is 3. The lowest BCUT2D eigenvalue weighted by molar-refractivity contribution is -0.135. The summed E-state index contributed by atoms with van der Waals surface area (Å²) in [6.45, 7) is 14.2. The SMILES string of the molecule is C=CCN(CC=C)CCCCC/C=C(/NC(=O)C1CC1(C)C)C(=O)O. The van der Waals surface area contributed by atoms with Gasteiger partial charge in [-0.05, 0) is 37.6 Å². The lowest BCUT2D eigenvalue weighted by Gasteiger charge is -2.18. The lowest BCUT2D eigenvalue weighted by Crippen LogP contribution is -2.29. The maximum atomic E-state index is 12.0. The summed E-state index contributed by atoms with van der Waals surface area (Å²) in [7, 11) is 0. The molecule has 1 aliphatic carbocycles. The Morgan fingerprint density at radius 3 is 2.28 bits per heavy atom. The van der Waals surface area contributed by atoms with Gasteiger partial charge in [-0.3, -0.25) is 9.69 Å². The van der Waals surface area contributed by atoms with Crippen LogP contribution in [0, 0.1) is 11.3 Å². The minimum atomic E-state index is -1.07. The summed E-state index contributed by atoms with van der Waals surface area (Å²) in [5.41, 5.74) is 0.00355. The van der Waals surface area contributed by atoms with Crippen LogP contribution in [0.15, 0.2) is 37.1 Å². The average Bonchev–Trinajstić information content (AvgIpc) is 3.18. The van der Waals surface area contributed by atoms with Crippen LogP contribution in [0.5, 0.6) is 0 Å². The molecule has 0 aromatic rings. The van der Waals surface area contributed by atoms with Crippen molar-refractivity contribution in [2.24, 2.45) is 11.3 Å². The molecule has 1 aliphatic rings. The second-order valence-electron chi connectivity index (χ2n) is 7.34. The van der Waals surface area contributed by atoms with E-state index in [9.17, 15) is 14.7 Å². The second-order valence-corrected chi connectivity index (χ2v) is 7.34. The Morgan fingerprint density at radius 2 is 1.80 bits per heavy atom. The monoisotopic (exact) mass is 348 g/mol. The zero-order valence-electron chi connectivity index (χ0n) is 15.6. The number of allylic oxidation sites excluding steroid dienone is 1. The van der Waals surface area contributed by atoms with E-state index in [4.69, 9.17) is 0 Å². The molecule has 0 aromatic carbocycles. The molecule has 1 unspecified atom stereocenters. The Labute approximate surface area is 151 Å². The van der Waals surface area contributed by atoms with Crippen molar-refractivity contribution in [2.75, 3.05) is 19.6 Å². The van der Waals surface area contributed by atoms with Crippen molar-refractivity contribution in [1.82, 2.24) is 10.2 Å². The molecule has 5 nitrogen and oxygen atoms in total. The Bertz CT molecular complexity index is 513. The minimum absolute atomic E-state index is 0.00353. The fourth-order valence-electron chi connectivity index (χ4n) is 2.85. The molecule has 1 fully saturated rings. The number of carboxylic acid groups (broad SMARTS) is 1. The number of hydrogen-bond donors (Lipinski definition) is 2. The number of aliphatic carboxylic acids is 1. The molecular formula is C20H32N2O3. The van der Waals surface area contributed by atoms with Gasteiger partial charge in [0.25, 0.3) is 0 Å². The van der Waals surface area contributed by atoms with Gasteiger partial charge < -0.3 is 10.4 Å². The van der Waals surface area contributed by atoms with E-state index in [-0.39, 0.29) is 22.9 Å². The smallest absolute Gasteiger partial charge is 0.352 e. The van der Waals surface area contributed by atoms with Crippen molar-refractivity contribution in [3.05, 3.63) is 37.1 Å². The number of nitrogens with zero attached hydrogens (tertiary/aromatic N) is 1. The normalized spacial score (nSPS) is 18.7. The second kappa shape index (κ2) is 10.2. The predicted molar refractivity (Wildman–Crippen MR) is 101 cm³/mol. The van der Waals surface area contributed by atoms with Gasteiger partial charge in [-0.15, -0.1) is 13.2 Å². The van der Waals surface area contributed by atoms with E-state index in [0.717, 1.165) is 45.3 Å². The van der Waals surface area contributed by atoms with Crippen LogP contribution >= 0.6 is 0 Å². The fourth-order valence-corrected chi connectivity index (χ4v) is 2.85. The summed E-state index contributed by atoms with van der Waals surface area (Å²) in [5, 5.41) is 11.8. The molecule has 25 heavy (non-hydrogen) atoms. The molecule has 1 rings (SSSR count). The first-order chi connectivity index (χ1) is 11.8. The van der Waals surface area contributed by atoms with Crippen molar-refractivity contribution in [2.45, 2.75) is 46.0 Å². The third-order valence-corrected chi connectivity index (χ3v) is 4.62. The van der Waals surface area contributed by atoms with Crippen LogP contribution < -0.4 is 5.32 Å². The Morgan fingerprint density at radius 1 is 1.20 bits per heavy atom. The highest BCUT2D eigenvalue weighted by Gasteiger charge is 2.50. The van der Waals surface area contributed by atoms with Gasteiger partial charge >= 0.3 is 5.97 Å². The van der Waals surface area contributed by atoms with Crippen LogP contribution in [0.4, 0.5) is 0 Å². The number of rotatable bonds is 13. The molecule has 0 aliphatic heterocycles. The van der Waals surface area contributed by atoms with E-state index < -0.39 is 5.97 Å².